The fourth-order valence-corrected chi connectivity index (χ4v) is 2.83. The van der Waals surface area contributed by atoms with Gasteiger partial charge in [-0.3, -0.25) is 4.72 Å². The van der Waals surface area contributed by atoms with Crippen molar-refractivity contribution in [1.29, 1.82) is 0 Å². The number of anilines is 1. The maximum atomic E-state index is 12.1. The lowest BCUT2D eigenvalue weighted by atomic mass is 10.2. The Morgan fingerprint density at radius 3 is 2.35 bits per heavy atom. The summed E-state index contributed by atoms with van der Waals surface area (Å²) >= 11 is 5.67. The zero-order valence-electron chi connectivity index (χ0n) is 10.0. The van der Waals surface area contributed by atoms with E-state index in [1.54, 1.807) is 30.3 Å². The van der Waals surface area contributed by atoms with E-state index < -0.39 is 16.0 Å². The molecule has 0 aliphatic rings. The predicted octanol–water partition coefficient (Wildman–Crippen LogP) is 1.50. The van der Waals surface area contributed by atoms with Crippen LogP contribution in [0.1, 0.15) is 10.4 Å². The number of benzene rings is 2. The van der Waals surface area contributed by atoms with Crippen molar-refractivity contribution in [1.82, 2.24) is 0 Å². The molecule has 0 aromatic heterocycles. The largest absolute Gasteiger partial charge is 0.545 e. The molecule has 0 amide bonds. The molecule has 2 aromatic rings. The van der Waals surface area contributed by atoms with Crippen LogP contribution >= 0.6 is 11.6 Å². The molecule has 0 heterocycles. The molecular formula is C13H9ClNO4S-. The van der Waals surface area contributed by atoms with Gasteiger partial charge in [0.2, 0.25) is 0 Å². The van der Waals surface area contributed by atoms with E-state index >= 15 is 0 Å². The Morgan fingerprint density at radius 1 is 1.10 bits per heavy atom. The van der Waals surface area contributed by atoms with Crippen molar-refractivity contribution in [2.75, 3.05) is 4.72 Å². The summed E-state index contributed by atoms with van der Waals surface area (Å²) in [6.45, 7) is 0. The molecule has 0 unspecified atom stereocenters. The van der Waals surface area contributed by atoms with Gasteiger partial charge in [0.25, 0.3) is 10.0 Å². The first-order valence-electron chi connectivity index (χ1n) is 5.49. The summed E-state index contributed by atoms with van der Waals surface area (Å²) in [5, 5.41) is 10.8. The van der Waals surface area contributed by atoms with Crippen LogP contribution in [0.5, 0.6) is 0 Å². The van der Waals surface area contributed by atoms with Crippen LogP contribution in [0.4, 0.5) is 5.69 Å². The number of halogens is 1. The van der Waals surface area contributed by atoms with E-state index in [1.807, 2.05) is 0 Å². The molecule has 5 nitrogen and oxygen atoms in total. The van der Waals surface area contributed by atoms with Gasteiger partial charge in [-0.1, -0.05) is 29.8 Å². The van der Waals surface area contributed by atoms with Gasteiger partial charge in [-0.2, -0.15) is 0 Å². The van der Waals surface area contributed by atoms with Gasteiger partial charge in [0.15, 0.2) is 0 Å². The molecule has 0 aliphatic heterocycles. The highest BCUT2D eigenvalue weighted by Crippen LogP contribution is 2.22. The lowest BCUT2D eigenvalue weighted by Gasteiger charge is -2.11. The van der Waals surface area contributed by atoms with E-state index in [0.717, 1.165) is 6.07 Å². The molecule has 2 aromatic carbocycles. The fraction of sp³-hybridized carbons (Fsp3) is 0. The molecule has 0 spiro atoms. The maximum Gasteiger partial charge on any atom is 0.261 e. The first kappa shape index (κ1) is 14.4. The molecule has 0 bridgehead atoms. The first-order chi connectivity index (χ1) is 9.40. The minimum absolute atomic E-state index is 0.0799. The lowest BCUT2D eigenvalue weighted by molar-refractivity contribution is -0.255. The molecule has 20 heavy (non-hydrogen) atoms. The molecule has 0 fully saturated rings. The Bertz CT molecular complexity index is 744. The number of nitrogens with one attached hydrogen (secondary N) is 1. The summed E-state index contributed by atoms with van der Waals surface area (Å²) in [5.74, 6) is -1.54. The smallest absolute Gasteiger partial charge is 0.261 e. The Balaban J connectivity index is 2.40. The van der Waals surface area contributed by atoms with Crippen molar-refractivity contribution in [3.8, 4) is 0 Å². The normalized spacial score (nSPS) is 11.1. The van der Waals surface area contributed by atoms with E-state index in [0.29, 0.717) is 5.69 Å². The number of carboxylic acid groups (broad SMARTS) is 1. The molecule has 0 saturated carbocycles. The standard InChI is InChI=1S/C13H10ClNO4S/c14-12-7-6-10(8-11(12)13(16)17)20(18,19)15-9-4-2-1-3-5-9/h1-8,15H,(H,16,17)/p-1. The molecule has 7 heteroatoms. The molecule has 0 saturated heterocycles. The number of carbonyl (C=O) groups excluding carboxylic acids is 1. The number of carboxylic acids is 1. The van der Waals surface area contributed by atoms with Crippen molar-refractivity contribution >= 4 is 33.3 Å². The SMILES string of the molecule is O=C([O-])c1cc(S(=O)(=O)Nc2ccccc2)ccc1Cl. The topological polar surface area (TPSA) is 86.3 Å². The second-order valence-electron chi connectivity index (χ2n) is 3.90. The number of sulfonamides is 1. The molecular weight excluding hydrogens is 302 g/mol. The minimum Gasteiger partial charge on any atom is -0.545 e. The first-order valence-corrected chi connectivity index (χ1v) is 7.35. The van der Waals surface area contributed by atoms with Gasteiger partial charge in [-0.25, -0.2) is 8.42 Å². The third kappa shape index (κ3) is 3.09. The van der Waals surface area contributed by atoms with Gasteiger partial charge in [0.05, 0.1) is 10.9 Å². The van der Waals surface area contributed by atoms with Crippen LogP contribution in [-0.4, -0.2) is 14.4 Å². The molecule has 2 rings (SSSR count). The molecule has 1 N–H and O–H groups in total. The van der Waals surface area contributed by atoms with Crippen molar-refractivity contribution in [2.45, 2.75) is 4.90 Å². The zero-order valence-corrected chi connectivity index (χ0v) is 11.6. The average molecular weight is 311 g/mol. The van der Waals surface area contributed by atoms with E-state index in [-0.39, 0.29) is 15.5 Å². The number of hydrogen-bond donors (Lipinski definition) is 1. The van der Waals surface area contributed by atoms with Crippen LogP contribution in [0.25, 0.3) is 0 Å². The second kappa shape index (κ2) is 5.52. The van der Waals surface area contributed by atoms with Crippen LogP contribution in [0.15, 0.2) is 53.4 Å². The van der Waals surface area contributed by atoms with Crippen molar-refractivity contribution in [3.63, 3.8) is 0 Å². The van der Waals surface area contributed by atoms with Gasteiger partial charge in [0, 0.05) is 16.3 Å². The highest BCUT2D eigenvalue weighted by molar-refractivity contribution is 7.92. The summed E-state index contributed by atoms with van der Waals surface area (Å²) in [4.78, 5) is 10.6. The Kier molecular flexibility index (Phi) is 3.96. The van der Waals surface area contributed by atoms with Crippen LogP contribution in [-0.2, 0) is 10.0 Å². The fourth-order valence-electron chi connectivity index (χ4n) is 1.55. The summed E-state index contributed by atoms with van der Waals surface area (Å²) in [7, 11) is -3.89. The van der Waals surface area contributed by atoms with E-state index in [4.69, 9.17) is 11.6 Å². The quantitative estimate of drug-likeness (QED) is 0.927. The number of hydrogen-bond acceptors (Lipinski definition) is 4. The summed E-state index contributed by atoms with van der Waals surface area (Å²) < 4.78 is 26.6. The van der Waals surface area contributed by atoms with E-state index in [9.17, 15) is 18.3 Å². The van der Waals surface area contributed by atoms with Gasteiger partial charge in [-0.05, 0) is 30.3 Å². The highest BCUT2D eigenvalue weighted by Gasteiger charge is 2.16. The van der Waals surface area contributed by atoms with Gasteiger partial charge in [0.1, 0.15) is 0 Å². The van der Waals surface area contributed by atoms with Crippen molar-refractivity contribution < 1.29 is 18.3 Å². The molecule has 0 atom stereocenters. The van der Waals surface area contributed by atoms with Crippen molar-refractivity contribution in [3.05, 3.63) is 59.1 Å². The highest BCUT2D eigenvalue weighted by atomic mass is 35.5. The predicted molar refractivity (Wildman–Crippen MR) is 73.0 cm³/mol. The number of carbonyl (C=O) groups is 1. The van der Waals surface area contributed by atoms with E-state index in [2.05, 4.69) is 4.72 Å². The maximum absolute atomic E-state index is 12.1. The number of aromatic carboxylic acids is 1. The average Bonchev–Trinajstić information content (AvgIpc) is 2.39. The Morgan fingerprint density at radius 2 is 1.75 bits per heavy atom. The third-order valence-electron chi connectivity index (χ3n) is 2.49. The van der Waals surface area contributed by atoms with Gasteiger partial charge >= 0.3 is 0 Å². The van der Waals surface area contributed by atoms with Crippen LogP contribution in [0, 0.1) is 0 Å². The lowest BCUT2D eigenvalue weighted by Crippen LogP contribution is -2.23. The molecule has 0 aliphatic carbocycles. The van der Waals surface area contributed by atoms with Gasteiger partial charge in [-0.15, -0.1) is 0 Å². The summed E-state index contributed by atoms with van der Waals surface area (Å²) in [6, 6.07) is 11.6. The number of rotatable bonds is 4. The summed E-state index contributed by atoms with van der Waals surface area (Å²) in [5.41, 5.74) is 0.0000494. The van der Waals surface area contributed by atoms with Crippen LogP contribution in [0.2, 0.25) is 5.02 Å². The van der Waals surface area contributed by atoms with Crippen LogP contribution < -0.4 is 9.83 Å². The summed E-state index contributed by atoms with van der Waals surface area (Å²) in [6.07, 6.45) is 0. The van der Waals surface area contributed by atoms with Crippen molar-refractivity contribution in [2.24, 2.45) is 0 Å². The zero-order chi connectivity index (χ0) is 14.8. The molecule has 104 valence electrons. The minimum atomic E-state index is -3.89. The van der Waals surface area contributed by atoms with Gasteiger partial charge < -0.3 is 9.90 Å². The Hall–Kier alpha value is -2.05. The van der Waals surface area contributed by atoms with E-state index in [1.165, 1.54) is 12.1 Å². The second-order valence-corrected chi connectivity index (χ2v) is 5.99. The Labute approximate surface area is 120 Å². The van der Waals surface area contributed by atoms with Crippen LogP contribution in [0.3, 0.4) is 0 Å². The molecule has 0 radical (unpaired) electrons. The number of para-hydroxylation sites is 1. The third-order valence-corrected chi connectivity index (χ3v) is 4.20. The monoisotopic (exact) mass is 310 g/mol.